The first-order chi connectivity index (χ1) is 7.72. The maximum atomic E-state index is 5.84. The van der Waals surface area contributed by atoms with Crippen molar-refractivity contribution < 1.29 is 0 Å². The van der Waals surface area contributed by atoms with Gasteiger partial charge in [0.2, 0.25) is 0 Å². The van der Waals surface area contributed by atoms with E-state index in [0.717, 1.165) is 17.6 Å². The minimum atomic E-state index is 0.242. The van der Waals surface area contributed by atoms with Gasteiger partial charge in [-0.15, -0.1) is 6.58 Å². The van der Waals surface area contributed by atoms with Crippen LogP contribution in [0.4, 0.5) is 0 Å². The first-order valence-corrected chi connectivity index (χ1v) is 5.94. The molecule has 0 saturated heterocycles. The molecule has 0 spiro atoms. The molecule has 4 heteroatoms. The van der Waals surface area contributed by atoms with Gasteiger partial charge in [-0.1, -0.05) is 34.1 Å². The van der Waals surface area contributed by atoms with Crippen LogP contribution in [0, 0.1) is 0 Å². The molecular formula is C12H14BrN3. The van der Waals surface area contributed by atoms with Crippen molar-refractivity contribution >= 4 is 21.9 Å². The van der Waals surface area contributed by atoms with Crippen molar-refractivity contribution in [1.29, 1.82) is 0 Å². The summed E-state index contributed by atoms with van der Waals surface area (Å²) in [4.78, 5) is 6.34. The van der Waals surface area contributed by atoms with E-state index in [1.807, 2.05) is 18.2 Å². The molecule has 0 bridgehead atoms. The Hall–Kier alpha value is -1.29. The second kappa shape index (κ2) is 4.70. The lowest BCUT2D eigenvalue weighted by molar-refractivity contribution is 0.380. The summed E-state index contributed by atoms with van der Waals surface area (Å²) in [5.41, 5.74) is 7.07. The molecule has 1 aromatic carbocycles. The number of hydrogen-bond donors (Lipinski definition) is 1. The number of hydrogen-bond acceptors (Lipinski definition) is 3. The van der Waals surface area contributed by atoms with E-state index >= 15 is 0 Å². The van der Waals surface area contributed by atoms with Crippen LogP contribution in [0.25, 0.3) is 0 Å². The first kappa shape index (κ1) is 11.2. The maximum absolute atomic E-state index is 5.84. The minimum Gasteiger partial charge on any atom is -0.370 e. The number of aliphatic imine (C=N–C) groups is 1. The SMILES string of the molecule is C=CCN1C(N)=NCC1c1ccc(Br)cc1. The van der Waals surface area contributed by atoms with Crippen molar-refractivity contribution in [1.82, 2.24) is 4.90 Å². The topological polar surface area (TPSA) is 41.6 Å². The average Bonchev–Trinajstić information content (AvgIpc) is 2.63. The molecule has 0 amide bonds. The first-order valence-electron chi connectivity index (χ1n) is 5.15. The molecule has 16 heavy (non-hydrogen) atoms. The lowest BCUT2D eigenvalue weighted by Crippen LogP contribution is -2.36. The predicted octanol–water partition coefficient (Wildman–Crippen LogP) is 2.31. The van der Waals surface area contributed by atoms with Gasteiger partial charge in [0.1, 0.15) is 0 Å². The van der Waals surface area contributed by atoms with Gasteiger partial charge in [0.05, 0.1) is 12.6 Å². The van der Waals surface area contributed by atoms with Crippen LogP contribution in [-0.4, -0.2) is 23.9 Å². The van der Waals surface area contributed by atoms with Crippen molar-refractivity contribution in [2.45, 2.75) is 6.04 Å². The molecule has 1 unspecified atom stereocenters. The Kier molecular flexibility index (Phi) is 3.29. The summed E-state index contributed by atoms with van der Waals surface area (Å²) in [5.74, 6) is 0.604. The quantitative estimate of drug-likeness (QED) is 0.863. The lowest BCUT2D eigenvalue weighted by atomic mass is 10.1. The third-order valence-electron chi connectivity index (χ3n) is 2.68. The van der Waals surface area contributed by atoms with Crippen LogP contribution >= 0.6 is 15.9 Å². The Bertz CT molecular complexity index is 411. The van der Waals surface area contributed by atoms with Gasteiger partial charge in [-0.25, -0.2) is 0 Å². The van der Waals surface area contributed by atoms with Crippen molar-refractivity contribution in [2.24, 2.45) is 10.7 Å². The normalized spacial score (nSPS) is 19.7. The Morgan fingerprint density at radius 2 is 2.19 bits per heavy atom. The van der Waals surface area contributed by atoms with Crippen LogP contribution in [0.3, 0.4) is 0 Å². The zero-order valence-electron chi connectivity index (χ0n) is 8.94. The fourth-order valence-electron chi connectivity index (χ4n) is 1.86. The molecule has 2 N–H and O–H groups in total. The number of nitrogens with zero attached hydrogens (tertiary/aromatic N) is 2. The molecule has 0 radical (unpaired) electrons. The lowest BCUT2D eigenvalue weighted by Gasteiger charge is -2.25. The molecule has 0 aliphatic carbocycles. The highest BCUT2D eigenvalue weighted by atomic mass is 79.9. The summed E-state index contributed by atoms with van der Waals surface area (Å²) in [6.07, 6.45) is 1.85. The molecule has 84 valence electrons. The molecule has 0 fully saturated rings. The van der Waals surface area contributed by atoms with Gasteiger partial charge in [-0.3, -0.25) is 4.99 Å². The van der Waals surface area contributed by atoms with E-state index in [-0.39, 0.29) is 6.04 Å². The number of nitrogens with two attached hydrogens (primary N) is 1. The van der Waals surface area contributed by atoms with Crippen molar-refractivity contribution in [2.75, 3.05) is 13.1 Å². The highest BCUT2D eigenvalue weighted by molar-refractivity contribution is 9.10. The Morgan fingerprint density at radius 3 is 2.81 bits per heavy atom. The molecule has 1 atom stereocenters. The summed E-state index contributed by atoms with van der Waals surface area (Å²) < 4.78 is 1.08. The zero-order chi connectivity index (χ0) is 11.5. The van der Waals surface area contributed by atoms with Crippen LogP contribution in [0.15, 0.2) is 46.4 Å². The van der Waals surface area contributed by atoms with Gasteiger partial charge in [-0.05, 0) is 17.7 Å². The minimum absolute atomic E-state index is 0.242. The van der Waals surface area contributed by atoms with E-state index in [1.165, 1.54) is 5.56 Å². The molecule has 1 aliphatic rings. The van der Waals surface area contributed by atoms with Gasteiger partial charge < -0.3 is 10.6 Å². The molecule has 1 aliphatic heterocycles. The number of benzene rings is 1. The largest absolute Gasteiger partial charge is 0.370 e. The summed E-state index contributed by atoms with van der Waals surface area (Å²) in [6.45, 7) is 5.20. The van der Waals surface area contributed by atoms with Crippen LogP contribution < -0.4 is 5.73 Å². The number of halogens is 1. The highest BCUT2D eigenvalue weighted by Gasteiger charge is 2.25. The van der Waals surface area contributed by atoms with Crippen LogP contribution in [0.1, 0.15) is 11.6 Å². The molecule has 0 aromatic heterocycles. The van der Waals surface area contributed by atoms with Crippen LogP contribution in [-0.2, 0) is 0 Å². The molecular weight excluding hydrogens is 266 g/mol. The van der Waals surface area contributed by atoms with E-state index in [0.29, 0.717) is 5.96 Å². The monoisotopic (exact) mass is 279 g/mol. The third kappa shape index (κ3) is 2.11. The zero-order valence-corrected chi connectivity index (χ0v) is 10.5. The average molecular weight is 280 g/mol. The molecule has 1 aromatic rings. The maximum Gasteiger partial charge on any atom is 0.192 e. The van der Waals surface area contributed by atoms with Gasteiger partial charge in [-0.2, -0.15) is 0 Å². The third-order valence-corrected chi connectivity index (χ3v) is 3.21. The molecule has 0 saturated carbocycles. The summed E-state index contributed by atoms with van der Waals surface area (Å²) in [5, 5.41) is 0. The van der Waals surface area contributed by atoms with Gasteiger partial charge in [0.25, 0.3) is 0 Å². The smallest absolute Gasteiger partial charge is 0.192 e. The number of guanidine groups is 1. The number of rotatable bonds is 3. The van der Waals surface area contributed by atoms with Gasteiger partial charge in [0, 0.05) is 11.0 Å². The van der Waals surface area contributed by atoms with Crippen molar-refractivity contribution in [3.63, 3.8) is 0 Å². The van der Waals surface area contributed by atoms with Gasteiger partial charge >= 0.3 is 0 Å². The van der Waals surface area contributed by atoms with E-state index in [1.54, 1.807) is 0 Å². The van der Waals surface area contributed by atoms with E-state index in [4.69, 9.17) is 5.73 Å². The van der Waals surface area contributed by atoms with Gasteiger partial charge in [0.15, 0.2) is 5.96 Å². The molecule has 2 rings (SSSR count). The van der Waals surface area contributed by atoms with E-state index in [9.17, 15) is 0 Å². The van der Waals surface area contributed by atoms with Crippen molar-refractivity contribution in [3.8, 4) is 0 Å². The fraction of sp³-hybridized carbons (Fsp3) is 0.250. The van der Waals surface area contributed by atoms with Crippen molar-refractivity contribution in [3.05, 3.63) is 47.0 Å². The Balaban J connectivity index is 2.21. The van der Waals surface area contributed by atoms with E-state index in [2.05, 4.69) is 44.5 Å². The van der Waals surface area contributed by atoms with E-state index < -0.39 is 0 Å². The Morgan fingerprint density at radius 1 is 1.50 bits per heavy atom. The fourth-order valence-corrected chi connectivity index (χ4v) is 2.12. The second-order valence-electron chi connectivity index (χ2n) is 3.71. The summed E-state index contributed by atoms with van der Waals surface area (Å²) in [7, 11) is 0. The standard InChI is InChI=1S/C12H14BrN3/c1-2-7-16-11(8-15-12(16)14)9-3-5-10(13)6-4-9/h2-6,11H,1,7-8H2,(H2,14,15). The van der Waals surface area contributed by atoms with Crippen LogP contribution in [0.5, 0.6) is 0 Å². The molecule has 3 nitrogen and oxygen atoms in total. The van der Waals surface area contributed by atoms with Crippen LogP contribution in [0.2, 0.25) is 0 Å². The molecule has 1 heterocycles. The summed E-state index contributed by atoms with van der Waals surface area (Å²) >= 11 is 3.43. The predicted molar refractivity (Wildman–Crippen MR) is 70.3 cm³/mol. The summed E-state index contributed by atoms with van der Waals surface area (Å²) in [6, 6.07) is 8.51. The highest BCUT2D eigenvalue weighted by Crippen LogP contribution is 2.26. The Labute approximate surface area is 104 Å². The second-order valence-corrected chi connectivity index (χ2v) is 4.62.